The van der Waals surface area contributed by atoms with Gasteiger partial charge in [-0.25, -0.2) is 4.79 Å². The minimum Gasteiger partial charge on any atom is -0.447 e. The van der Waals surface area contributed by atoms with Crippen LogP contribution in [0.5, 0.6) is 0 Å². The van der Waals surface area contributed by atoms with Gasteiger partial charge in [-0.1, -0.05) is 0 Å². The minimum absolute atomic E-state index is 0.213. The first-order valence-electron chi connectivity index (χ1n) is 4.41. The number of likely N-dealkylation sites (tertiary alicyclic amines) is 1. The number of amides is 1. The molecule has 0 aromatic rings. The van der Waals surface area contributed by atoms with Gasteiger partial charge >= 0.3 is 6.09 Å². The third kappa shape index (κ3) is 1.27. The molecule has 2 rings (SSSR count). The third-order valence-corrected chi connectivity index (χ3v) is 2.74. The van der Waals surface area contributed by atoms with Gasteiger partial charge in [-0.15, -0.1) is 0 Å². The molecule has 4 heteroatoms. The van der Waals surface area contributed by atoms with Crippen LogP contribution in [0, 0.1) is 0 Å². The first kappa shape index (κ1) is 7.86. The number of nitrogens with one attached hydrogen (secondary N) is 1. The highest BCUT2D eigenvalue weighted by molar-refractivity contribution is 5.69. The van der Waals surface area contributed by atoms with E-state index < -0.39 is 0 Å². The Hall–Kier alpha value is -0.770. The van der Waals surface area contributed by atoms with E-state index in [1.807, 2.05) is 0 Å². The number of likely N-dealkylation sites (N-methyl/N-ethyl adjacent to an activating group) is 1. The van der Waals surface area contributed by atoms with Gasteiger partial charge in [-0.05, 0) is 26.4 Å². The summed E-state index contributed by atoms with van der Waals surface area (Å²) >= 11 is 0. The third-order valence-electron chi connectivity index (χ3n) is 2.74. The molecule has 4 nitrogen and oxygen atoms in total. The predicted octanol–water partition coefficient (Wildman–Crippen LogP) is 0.189. The van der Waals surface area contributed by atoms with Crippen LogP contribution in [0.25, 0.3) is 0 Å². The lowest BCUT2D eigenvalue weighted by atomic mass is 10.1. The summed E-state index contributed by atoms with van der Waals surface area (Å²) in [6.45, 7) is 1.67. The highest BCUT2D eigenvalue weighted by atomic mass is 16.6. The second-order valence-corrected chi connectivity index (χ2v) is 3.54. The van der Waals surface area contributed by atoms with Gasteiger partial charge in [0.15, 0.2) is 0 Å². The molecule has 2 fully saturated rings. The number of hydrogen-bond donors (Lipinski definition) is 1. The molecule has 68 valence electrons. The molecule has 2 aliphatic heterocycles. The normalized spacial score (nSPS) is 36.6. The number of carbonyl (C=O) groups excluding carboxylic acids is 1. The molecule has 0 unspecified atom stereocenters. The minimum atomic E-state index is -0.264. The highest BCUT2D eigenvalue weighted by Gasteiger charge is 2.34. The molecule has 12 heavy (non-hydrogen) atoms. The van der Waals surface area contributed by atoms with E-state index in [1.54, 1.807) is 0 Å². The van der Waals surface area contributed by atoms with E-state index in [0.29, 0.717) is 12.6 Å². The van der Waals surface area contributed by atoms with Crippen molar-refractivity contribution in [2.24, 2.45) is 0 Å². The van der Waals surface area contributed by atoms with Gasteiger partial charge in [-0.3, -0.25) is 0 Å². The summed E-state index contributed by atoms with van der Waals surface area (Å²) in [7, 11) is 2.10. The van der Waals surface area contributed by atoms with Gasteiger partial charge in [0.2, 0.25) is 0 Å². The summed E-state index contributed by atoms with van der Waals surface area (Å²) in [5, 5.41) is 2.82. The average molecular weight is 170 g/mol. The monoisotopic (exact) mass is 170 g/mol. The van der Waals surface area contributed by atoms with Crippen LogP contribution in [0.2, 0.25) is 0 Å². The van der Waals surface area contributed by atoms with Gasteiger partial charge in [0.05, 0.1) is 6.04 Å². The Morgan fingerprint density at radius 3 is 3.00 bits per heavy atom. The van der Waals surface area contributed by atoms with E-state index in [9.17, 15) is 4.79 Å². The van der Waals surface area contributed by atoms with Gasteiger partial charge in [0.25, 0.3) is 0 Å². The van der Waals surface area contributed by atoms with Crippen LogP contribution in [0.15, 0.2) is 0 Å². The maximum Gasteiger partial charge on any atom is 0.407 e. The van der Waals surface area contributed by atoms with E-state index in [-0.39, 0.29) is 12.1 Å². The molecule has 1 amide bonds. The molecule has 0 aliphatic carbocycles. The Labute approximate surface area is 71.9 Å². The largest absolute Gasteiger partial charge is 0.447 e. The number of alkyl carbamates (subject to hydrolysis) is 1. The lowest BCUT2D eigenvalue weighted by molar-refractivity contribution is 0.172. The maximum absolute atomic E-state index is 10.8. The second-order valence-electron chi connectivity index (χ2n) is 3.54. The van der Waals surface area contributed by atoms with E-state index >= 15 is 0 Å². The molecule has 0 bridgehead atoms. The molecular formula is C8H14N2O2. The van der Waals surface area contributed by atoms with Crippen molar-refractivity contribution in [3.05, 3.63) is 0 Å². The smallest absolute Gasteiger partial charge is 0.407 e. The lowest BCUT2D eigenvalue weighted by Crippen LogP contribution is -2.44. The number of hydrogen-bond acceptors (Lipinski definition) is 3. The van der Waals surface area contributed by atoms with Crippen LogP contribution < -0.4 is 5.32 Å². The van der Waals surface area contributed by atoms with Gasteiger partial charge in [0.1, 0.15) is 6.61 Å². The fraction of sp³-hybridized carbons (Fsp3) is 0.875. The number of cyclic esters (lactones) is 1. The summed E-state index contributed by atoms with van der Waals surface area (Å²) in [5.41, 5.74) is 0. The van der Waals surface area contributed by atoms with Gasteiger partial charge in [-0.2, -0.15) is 0 Å². The number of carbonyl (C=O) groups is 1. The van der Waals surface area contributed by atoms with Gasteiger partial charge in [0, 0.05) is 6.04 Å². The predicted molar refractivity (Wildman–Crippen MR) is 43.9 cm³/mol. The summed E-state index contributed by atoms with van der Waals surface area (Å²) < 4.78 is 4.85. The Balaban J connectivity index is 1.95. The topological polar surface area (TPSA) is 41.6 Å². The van der Waals surface area contributed by atoms with Crippen molar-refractivity contribution in [2.45, 2.75) is 24.9 Å². The van der Waals surface area contributed by atoms with Crippen LogP contribution in [-0.4, -0.2) is 43.3 Å². The summed E-state index contributed by atoms with van der Waals surface area (Å²) in [6.07, 6.45) is 2.14. The Kier molecular flexibility index (Phi) is 1.92. The zero-order valence-electron chi connectivity index (χ0n) is 7.25. The molecule has 0 aromatic carbocycles. The molecule has 0 aromatic heterocycles. The number of rotatable bonds is 1. The fourth-order valence-electron chi connectivity index (χ4n) is 2.05. The quantitative estimate of drug-likeness (QED) is 0.610. The van der Waals surface area contributed by atoms with E-state index in [1.165, 1.54) is 12.8 Å². The highest BCUT2D eigenvalue weighted by Crippen LogP contribution is 2.20. The van der Waals surface area contributed by atoms with Crippen LogP contribution in [0.1, 0.15) is 12.8 Å². The van der Waals surface area contributed by atoms with Crippen molar-refractivity contribution >= 4 is 6.09 Å². The molecule has 2 atom stereocenters. The molecule has 2 heterocycles. The van der Waals surface area contributed by atoms with Crippen LogP contribution in [0.3, 0.4) is 0 Å². The summed E-state index contributed by atoms with van der Waals surface area (Å²) in [5.74, 6) is 0. The zero-order valence-corrected chi connectivity index (χ0v) is 7.25. The Morgan fingerprint density at radius 1 is 1.67 bits per heavy atom. The van der Waals surface area contributed by atoms with Crippen LogP contribution in [-0.2, 0) is 4.74 Å². The average Bonchev–Trinajstić information content (AvgIpc) is 2.58. The SMILES string of the molecule is CN1CCC[C@H]1[C@H]1COC(=O)N1. The zero-order chi connectivity index (χ0) is 8.55. The van der Waals surface area contributed by atoms with Crippen molar-refractivity contribution in [2.75, 3.05) is 20.2 Å². The first-order chi connectivity index (χ1) is 5.77. The van der Waals surface area contributed by atoms with Gasteiger partial charge < -0.3 is 15.0 Å². The van der Waals surface area contributed by atoms with Crippen LogP contribution >= 0.6 is 0 Å². The maximum atomic E-state index is 10.8. The molecule has 2 saturated heterocycles. The molecule has 1 N–H and O–H groups in total. The first-order valence-corrected chi connectivity index (χ1v) is 4.41. The van der Waals surface area contributed by atoms with E-state index in [4.69, 9.17) is 4.74 Å². The van der Waals surface area contributed by atoms with Crippen molar-refractivity contribution < 1.29 is 9.53 Å². The van der Waals surface area contributed by atoms with Crippen molar-refractivity contribution in [1.82, 2.24) is 10.2 Å². The van der Waals surface area contributed by atoms with Crippen molar-refractivity contribution in [3.8, 4) is 0 Å². The van der Waals surface area contributed by atoms with Crippen molar-refractivity contribution in [3.63, 3.8) is 0 Å². The van der Waals surface area contributed by atoms with Crippen molar-refractivity contribution in [1.29, 1.82) is 0 Å². The summed E-state index contributed by atoms with van der Waals surface area (Å²) in [6, 6.07) is 0.696. The second kappa shape index (κ2) is 2.94. The molecular weight excluding hydrogens is 156 g/mol. The standard InChI is InChI=1S/C8H14N2O2/c1-10-4-2-3-7(10)6-5-12-8(11)9-6/h6-7H,2-5H2,1H3,(H,9,11)/t6-,7+/m1/s1. The van der Waals surface area contributed by atoms with E-state index in [0.717, 1.165) is 6.54 Å². The number of nitrogens with zero attached hydrogens (tertiary/aromatic N) is 1. The number of ether oxygens (including phenoxy) is 1. The summed E-state index contributed by atoms with van der Waals surface area (Å²) in [4.78, 5) is 13.1. The molecule has 2 aliphatic rings. The molecule has 0 radical (unpaired) electrons. The van der Waals surface area contributed by atoms with Crippen LogP contribution in [0.4, 0.5) is 4.79 Å². The Bertz CT molecular complexity index is 195. The molecule has 0 saturated carbocycles. The lowest BCUT2D eigenvalue weighted by Gasteiger charge is -2.23. The van der Waals surface area contributed by atoms with E-state index in [2.05, 4.69) is 17.3 Å². The Morgan fingerprint density at radius 2 is 2.50 bits per heavy atom. The fourth-order valence-corrected chi connectivity index (χ4v) is 2.05. The molecule has 0 spiro atoms.